The maximum absolute atomic E-state index is 12.2. The van der Waals surface area contributed by atoms with Gasteiger partial charge in [0.1, 0.15) is 0 Å². The first-order valence-corrected chi connectivity index (χ1v) is 5.49. The molecule has 0 radical (unpaired) electrons. The average Bonchev–Trinajstić information content (AvgIpc) is 2.56. The van der Waals surface area contributed by atoms with Crippen LogP contribution in [0.3, 0.4) is 0 Å². The van der Waals surface area contributed by atoms with Crippen molar-refractivity contribution in [3.63, 3.8) is 0 Å². The van der Waals surface area contributed by atoms with Crippen LogP contribution >= 0.6 is 12.4 Å². The van der Waals surface area contributed by atoms with Gasteiger partial charge in [-0.3, -0.25) is 4.90 Å². The second-order valence-electron chi connectivity index (χ2n) is 4.82. The standard InChI is InChI=1S/C10H17F3N2.ClH/c11-10(12,13)8-15-5-2-9(3-6-15)1-4-14-7-9;/h14H,1-8H2;1H. The van der Waals surface area contributed by atoms with Crippen LogP contribution in [0.4, 0.5) is 13.2 Å². The van der Waals surface area contributed by atoms with Crippen LogP contribution in [0, 0.1) is 5.41 Å². The first-order valence-electron chi connectivity index (χ1n) is 5.49. The van der Waals surface area contributed by atoms with Crippen molar-refractivity contribution in [1.29, 1.82) is 0 Å². The van der Waals surface area contributed by atoms with E-state index in [1.54, 1.807) is 0 Å². The molecule has 0 amide bonds. The van der Waals surface area contributed by atoms with Gasteiger partial charge in [0.25, 0.3) is 0 Å². The van der Waals surface area contributed by atoms with Gasteiger partial charge >= 0.3 is 6.18 Å². The predicted molar refractivity (Wildman–Crippen MR) is 58.9 cm³/mol. The second-order valence-corrected chi connectivity index (χ2v) is 4.82. The number of nitrogens with zero attached hydrogens (tertiary/aromatic N) is 1. The van der Waals surface area contributed by atoms with Gasteiger partial charge in [-0.15, -0.1) is 12.4 Å². The van der Waals surface area contributed by atoms with E-state index in [1.807, 2.05) is 0 Å². The average molecular weight is 259 g/mol. The molecule has 0 aliphatic carbocycles. The molecule has 0 aromatic carbocycles. The molecule has 0 bridgehead atoms. The molecular weight excluding hydrogens is 241 g/mol. The Morgan fingerprint density at radius 3 is 2.19 bits per heavy atom. The number of hydrogen-bond donors (Lipinski definition) is 1. The first-order chi connectivity index (χ1) is 6.99. The highest BCUT2D eigenvalue weighted by atomic mass is 35.5. The molecule has 16 heavy (non-hydrogen) atoms. The van der Waals surface area contributed by atoms with Gasteiger partial charge in [-0.05, 0) is 44.3 Å². The van der Waals surface area contributed by atoms with E-state index < -0.39 is 12.7 Å². The van der Waals surface area contributed by atoms with Gasteiger partial charge in [0, 0.05) is 6.54 Å². The van der Waals surface area contributed by atoms with Crippen LogP contribution in [0.5, 0.6) is 0 Å². The Morgan fingerprint density at radius 2 is 1.75 bits per heavy atom. The Morgan fingerprint density at radius 1 is 1.12 bits per heavy atom. The van der Waals surface area contributed by atoms with Gasteiger partial charge in [-0.1, -0.05) is 0 Å². The van der Waals surface area contributed by atoms with Crippen molar-refractivity contribution in [2.45, 2.75) is 25.4 Å². The minimum atomic E-state index is -4.04. The van der Waals surface area contributed by atoms with Crippen LogP contribution in [0.2, 0.25) is 0 Å². The Kier molecular flexibility index (Phi) is 4.49. The molecule has 0 saturated carbocycles. The van der Waals surface area contributed by atoms with Crippen molar-refractivity contribution in [3.8, 4) is 0 Å². The maximum atomic E-state index is 12.2. The van der Waals surface area contributed by atoms with E-state index in [0.29, 0.717) is 18.5 Å². The second kappa shape index (κ2) is 5.10. The van der Waals surface area contributed by atoms with E-state index in [4.69, 9.17) is 0 Å². The molecule has 0 aromatic rings. The van der Waals surface area contributed by atoms with Crippen molar-refractivity contribution < 1.29 is 13.2 Å². The monoisotopic (exact) mass is 258 g/mol. The van der Waals surface area contributed by atoms with Crippen LogP contribution in [0.25, 0.3) is 0 Å². The summed E-state index contributed by atoms with van der Waals surface area (Å²) in [5.41, 5.74) is 0.308. The van der Waals surface area contributed by atoms with Gasteiger partial charge in [-0.2, -0.15) is 13.2 Å². The number of alkyl halides is 3. The van der Waals surface area contributed by atoms with E-state index in [0.717, 1.165) is 32.4 Å². The normalized spacial score (nSPS) is 25.7. The molecule has 2 saturated heterocycles. The molecule has 1 spiro atoms. The van der Waals surface area contributed by atoms with Crippen molar-refractivity contribution in [3.05, 3.63) is 0 Å². The molecule has 0 aromatic heterocycles. The minimum absolute atomic E-state index is 0. The Labute approximate surface area is 100.0 Å². The van der Waals surface area contributed by atoms with Crippen LogP contribution in [0.1, 0.15) is 19.3 Å². The third-order valence-corrected chi connectivity index (χ3v) is 3.65. The van der Waals surface area contributed by atoms with E-state index in [1.165, 1.54) is 4.90 Å². The van der Waals surface area contributed by atoms with Crippen LogP contribution in [0.15, 0.2) is 0 Å². The third kappa shape index (κ3) is 3.50. The lowest BCUT2D eigenvalue weighted by atomic mass is 9.78. The number of nitrogens with one attached hydrogen (secondary N) is 1. The van der Waals surface area contributed by atoms with Crippen molar-refractivity contribution in [1.82, 2.24) is 10.2 Å². The zero-order valence-corrected chi connectivity index (χ0v) is 9.96. The van der Waals surface area contributed by atoms with Gasteiger partial charge in [0.2, 0.25) is 0 Å². The molecular formula is C10H18ClF3N2. The molecule has 96 valence electrons. The summed E-state index contributed by atoms with van der Waals surface area (Å²) in [5, 5.41) is 3.31. The lowest BCUT2D eigenvalue weighted by Gasteiger charge is -2.39. The number of halogens is 4. The number of likely N-dealkylation sites (tertiary alicyclic amines) is 1. The van der Waals surface area contributed by atoms with Crippen molar-refractivity contribution in [2.24, 2.45) is 5.41 Å². The van der Waals surface area contributed by atoms with Crippen LogP contribution < -0.4 is 5.32 Å². The highest BCUT2D eigenvalue weighted by Crippen LogP contribution is 2.37. The summed E-state index contributed by atoms with van der Waals surface area (Å²) in [5.74, 6) is 0. The summed E-state index contributed by atoms with van der Waals surface area (Å²) in [4.78, 5) is 1.53. The summed E-state index contributed by atoms with van der Waals surface area (Å²) in [6.45, 7) is 2.48. The topological polar surface area (TPSA) is 15.3 Å². The Bertz CT molecular complexity index is 217. The van der Waals surface area contributed by atoms with E-state index >= 15 is 0 Å². The Balaban J connectivity index is 0.00000128. The van der Waals surface area contributed by atoms with Crippen molar-refractivity contribution >= 4 is 12.4 Å². The molecule has 2 rings (SSSR count). The number of hydrogen-bond acceptors (Lipinski definition) is 2. The molecule has 0 atom stereocenters. The maximum Gasteiger partial charge on any atom is 0.401 e. The molecule has 2 heterocycles. The molecule has 2 aliphatic heterocycles. The summed E-state index contributed by atoms with van der Waals surface area (Å²) >= 11 is 0. The SMILES string of the molecule is Cl.FC(F)(F)CN1CCC2(CCNC2)CC1. The van der Waals surface area contributed by atoms with Crippen LogP contribution in [-0.2, 0) is 0 Å². The summed E-state index contributed by atoms with van der Waals surface area (Å²) in [7, 11) is 0. The fourth-order valence-corrected chi connectivity index (χ4v) is 2.66. The van der Waals surface area contributed by atoms with E-state index in [9.17, 15) is 13.2 Å². The lowest BCUT2D eigenvalue weighted by Crippen LogP contribution is -2.44. The zero-order chi connectivity index (χ0) is 10.9. The zero-order valence-electron chi connectivity index (χ0n) is 9.15. The molecule has 0 unspecified atom stereocenters. The van der Waals surface area contributed by atoms with Gasteiger partial charge in [0.15, 0.2) is 0 Å². The summed E-state index contributed by atoms with van der Waals surface area (Å²) < 4.78 is 36.5. The highest BCUT2D eigenvalue weighted by Gasteiger charge is 2.39. The molecule has 2 nitrogen and oxygen atoms in total. The smallest absolute Gasteiger partial charge is 0.316 e. The molecule has 2 fully saturated rings. The first kappa shape index (κ1) is 14.1. The minimum Gasteiger partial charge on any atom is -0.316 e. The quantitative estimate of drug-likeness (QED) is 0.774. The largest absolute Gasteiger partial charge is 0.401 e. The van der Waals surface area contributed by atoms with E-state index in [2.05, 4.69) is 5.32 Å². The predicted octanol–water partition coefficient (Wildman–Crippen LogP) is 2.05. The summed E-state index contributed by atoms with van der Waals surface area (Å²) in [6.07, 6.45) is -1.09. The fourth-order valence-electron chi connectivity index (χ4n) is 2.66. The van der Waals surface area contributed by atoms with Gasteiger partial charge < -0.3 is 5.32 Å². The van der Waals surface area contributed by atoms with Gasteiger partial charge in [-0.25, -0.2) is 0 Å². The Hall–Kier alpha value is -0.0000000000000000416. The fraction of sp³-hybridized carbons (Fsp3) is 1.00. The number of rotatable bonds is 1. The van der Waals surface area contributed by atoms with Gasteiger partial charge in [0.05, 0.1) is 6.54 Å². The summed E-state index contributed by atoms with van der Waals surface area (Å²) in [6, 6.07) is 0. The third-order valence-electron chi connectivity index (χ3n) is 3.65. The van der Waals surface area contributed by atoms with Crippen molar-refractivity contribution in [2.75, 3.05) is 32.7 Å². The lowest BCUT2D eigenvalue weighted by molar-refractivity contribution is -0.150. The number of piperidine rings is 1. The molecule has 6 heteroatoms. The molecule has 1 N–H and O–H groups in total. The van der Waals surface area contributed by atoms with E-state index in [-0.39, 0.29) is 12.4 Å². The highest BCUT2D eigenvalue weighted by molar-refractivity contribution is 5.85. The molecule has 2 aliphatic rings. The van der Waals surface area contributed by atoms with Crippen LogP contribution in [-0.4, -0.2) is 43.8 Å².